The number of hydrogen-bond donors (Lipinski definition) is 0. The molecule has 0 saturated heterocycles. The molecule has 0 radical (unpaired) electrons. The Morgan fingerprint density at radius 1 is 1.10 bits per heavy atom. The van der Waals surface area contributed by atoms with Crippen LogP contribution in [0.5, 0.6) is 0 Å². The van der Waals surface area contributed by atoms with Gasteiger partial charge in [0.05, 0.1) is 0 Å². The first-order valence-electron chi connectivity index (χ1n) is 8.28. The molecule has 3 aliphatic carbocycles. The maximum atomic E-state index is 12.7. The molecule has 4 rings (SSSR count). The zero-order chi connectivity index (χ0) is 13.9. The van der Waals surface area contributed by atoms with Crippen LogP contribution in [0.25, 0.3) is 0 Å². The monoisotopic (exact) mass is 268 g/mol. The summed E-state index contributed by atoms with van der Waals surface area (Å²) in [6, 6.07) is 8.44. The number of benzene rings is 1. The van der Waals surface area contributed by atoms with Gasteiger partial charge in [-0.05, 0) is 60.8 Å². The molecular weight excluding hydrogens is 244 g/mol. The average Bonchev–Trinajstić information content (AvgIpc) is 2.86. The van der Waals surface area contributed by atoms with Crippen LogP contribution in [0.15, 0.2) is 24.3 Å². The summed E-state index contributed by atoms with van der Waals surface area (Å²) in [7, 11) is 0. The minimum absolute atomic E-state index is 0.386. The Morgan fingerprint density at radius 2 is 1.70 bits per heavy atom. The summed E-state index contributed by atoms with van der Waals surface area (Å²) in [6.45, 7) is 4.47. The van der Waals surface area contributed by atoms with Crippen molar-refractivity contribution >= 4 is 5.78 Å². The highest BCUT2D eigenvalue weighted by Crippen LogP contribution is 2.69. The predicted molar refractivity (Wildman–Crippen MR) is 80.6 cm³/mol. The first-order valence-corrected chi connectivity index (χ1v) is 8.28. The lowest BCUT2D eigenvalue weighted by Crippen LogP contribution is -2.10. The standard InChI is InChI=1S/C19H24O/c1-11(2)9-12-3-5-13(6-4-12)19(20)18-16-14-7-8-15(10-14)17(16)18/h3-6,11,14-18H,7-10H2,1-2H3. The van der Waals surface area contributed by atoms with E-state index in [1.54, 1.807) is 0 Å². The third kappa shape index (κ3) is 1.86. The number of rotatable bonds is 4. The smallest absolute Gasteiger partial charge is 0.166 e. The third-order valence-corrected chi connectivity index (χ3v) is 5.92. The first kappa shape index (κ1) is 12.6. The van der Waals surface area contributed by atoms with Gasteiger partial charge < -0.3 is 0 Å². The van der Waals surface area contributed by atoms with Crippen LogP contribution < -0.4 is 0 Å². The van der Waals surface area contributed by atoms with Gasteiger partial charge in [0.1, 0.15) is 0 Å². The van der Waals surface area contributed by atoms with Crippen LogP contribution in [0.4, 0.5) is 0 Å². The normalized spacial score (nSPS) is 37.2. The molecule has 0 aliphatic heterocycles. The van der Waals surface area contributed by atoms with Crippen LogP contribution in [-0.2, 0) is 6.42 Å². The Balaban J connectivity index is 1.47. The van der Waals surface area contributed by atoms with Gasteiger partial charge in [0.15, 0.2) is 5.78 Å². The Kier molecular flexibility index (Phi) is 2.80. The van der Waals surface area contributed by atoms with Crippen molar-refractivity contribution in [2.75, 3.05) is 0 Å². The largest absolute Gasteiger partial charge is 0.294 e. The Labute approximate surface area is 121 Å². The molecule has 0 spiro atoms. The topological polar surface area (TPSA) is 17.1 Å². The highest BCUT2D eigenvalue weighted by atomic mass is 16.1. The summed E-state index contributed by atoms with van der Waals surface area (Å²) in [5, 5.41) is 0. The van der Waals surface area contributed by atoms with Crippen molar-refractivity contribution in [2.24, 2.45) is 35.5 Å². The van der Waals surface area contributed by atoms with Crippen LogP contribution in [-0.4, -0.2) is 5.78 Å². The van der Waals surface area contributed by atoms with Gasteiger partial charge in [-0.2, -0.15) is 0 Å². The van der Waals surface area contributed by atoms with Gasteiger partial charge in [0, 0.05) is 11.5 Å². The lowest BCUT2D eigenvalue weighted by Gasteiger charge is -2.09. The quantitative estimate of drug-likeness (QED) is 0.741. The fourth-order valence-corrected chi connectivity index (χ4v) is 5.14. The highest BCUT2D eigenvalue weighted by molar-refractivity contribution is 6.00. The van der Waals surface area contributed by atoms with E-state index in [0.29, 0.717) is 17.6 Å². The van der Waals surface area contributed by atoms with E-state index in [1.165, 1.54) is 24.8 Å². The minimum Gasteiger partial charge on any atom is -0.294 e. The van der Waals surface area contributed by atoms with E-state index in [2.05, 4.69) is 38.1 Å². The number of Topliss-reactive ketones (excluding diaryl/α,β-unsaturated/α-hetero) is 1. The molecule has 0 amide bonds. The molecule has 20 heavy (non-hydrogen) atoms. The second-order valence-electron chi connectivity index (χ2n) is 7.67. The lowest BCUT2D eigenvalue weighted by atomic mass is 9.95. The van der Waals surface area contributed by atoms with Crippen molar-refractivity contribution in [3.63, 3.8) is 0 Å². The Bertz CT molecular complexity index is 511. The minimum atomic E-state index is 0.386. The molecule has 3 saturated carbocycles. The second kappa shape index (κ2) is 4.44. The Hall–Kier alpha value is -1.11. The van der Waals surface area contributed by atoms with Gasteiger partial charge in [-0.15, -0.1) is 0 Å². The fourth-order valence-electron chi connectivity index (χ4n) is 5.14. The van der Waals surface area contributed by atoms with Crippen molar-refractivity contribution in [3.05, 3.63) is 35.4 Å². The predicted octanol–water partition coefficient (Wildman–Crippen LogP) is 4.36. The van der Waals surface area contributed by atoms with Gasteiger partial charge in [-0.3, -0.25) is 4.79 Å². The van der Waals surface area contributed by atoms with E-state index in [0.717, 1.165) is 35.7 Å². The molecule has 3 fully saturated rings. The number of hydrogen-bond acceptors (Lipinski definition) is 1. The van der Waals surface area contributed by atoms with Crippen molar-refractivity contribution in [3.8, 4) is 0 Å². The van der Waals surface area contributed by atoms with Crippen LogP contribution in [0.1, 0.15) is 49.0 Å². The van der Waals surface area contributed by atoms with Crippen LogP contribution in [0, 0.1) is 35.5 Å². The van der Waals surface area contributed by atoms with Gasteiger partial charge in [0.25, 0.3) is 0 Å². The maximum absolute atomic E-state index is 12.7. The molecule has 2 bridgehead atoms. The summed E-state index contributed by atoms with van der Waals surface area (Å²) in [4.78, 5) is 12.7. The average molecular weight is 268 g/mol. The number of carbonyl (C=O) groups is 1. The summed E-state index contributed by atoms with van der Waals surface area (Å²) < 4.78 is 0. The summed E-state index contributed by atoms with van der Waals surface area (Å²) in [6.07, 6.45) is 5.31. The van der Waals surface area contributed by atoms with E-state index in [1.807, 2.05) is 0 Å². The molecule has 1 aromatic carbocycles. The van der Waals surface area contributed by atoms with E-state index in [9.17, 15) is 4.79 Å². The molecular formula is C19H24O. The SMILES string of the molecule is CC(C)Cc1ccc(C(=O)C2C3C4CCC(C4)C23)cc1. The molecule has 4 atom stereocenters. The van der Waals surface area contributed by atoms with Crippen molar-refractivity contribution < 1.29 is 4.79 Å². The third-order valence-electron chi connectivity index (χ3n) is 5.92. The molecule has 0 N–H and O–H groups in total. The number of fused-ring (bicyclic) bond motifs is 5. The van der Waals surface area contributed by atoms with Crippen molar-refractivity contribution in [1.82, 2.24) is 0 Å². The van der Waals surface area contributed by atoms with E-state index < -0.39 is 0 Å². The molecule has 106 valence electrons. The summed E-state index contributed by atoms with van der Waals surface area (Å²) in [5.41, 5.74) is 2.31. The number of carbonyl (C=O) groups excluding carboxylic acids is 1. The fraction of sp³-hybridized carbons (Fsp3) is 0.632. The second-order valence-corrected chi connectivity index (χ2v) is 7.67. The molecule has 1 nitrogen and oxygen atoms in total. The van der Waals surface area contributed by atoms with Crippen molar-refractivity contribution in [2.45, 2.75) is 39.5 Å². The van der Waals surface area contributed by atoms with Gasteiger partial charge >= 0.3 is 0 Å². The molecule has 3 aliphatic rings. The van der Waals surface area contributed by atoms with Crippen molar-refractivity contribution in [1.29, 1.82) is 0 Å². The molecule has 4 unspecified atom stereocenters. The molecule has 1 aromatic rings. The van der Waals surface area contributed by atoms with E-state index in [-0.39, 0.29) is 0 Å². The molecule has 0 heterocycles. The van der Waals surface area contributed by atoms with E-state index >= 15 is 0 Å². The zero-order valence-corrected chi connectivity index (χ0v) is 12.5. The van der Waals surface area contributed by atoms with E-state index in [4.69, 9.17) is 0 Å². The summed E-state index contributed by atoms with van der Waals surface area (Å²) >= 11 is 0. The summed E-state index contributed by atoms with van der Waals surface area (Å²) in [5.74, 6) is 4.80. The van der Waals surface area contributed by atoms with Gasteiger partial charge in [0.2, 0.25) is 0 Å². The maximum Gasteiger partial charge on any atom is 0.166 e. The number of ketones is 1. The molecule has 1 heteroatoms. The lowest BCUT2D eigenvalue weighted by molar-refractivity contribution is 0.0944. The highest BCUT2D eigenvalue weighted by Gasteiger charge is 2.67. The van der Waals surface area contributed by atoms with Crippen LogP contribution >= 0.6 is 0 Å². The Morgan fingerprint density at radius 3 is 2.25 bits per heavy atom. The first-order chi connectivity index (χ1) is 9.65. The van der Waals surface area contributed by atoms with Gasteiger partial charge in [-0.1, -0.05) is 38.1 Å². The van der Waals surface area contributed by atoms with Gasteiger partial charge in [-0.25, -0.2) is 0 Å². The molecule has 0 aromatic heterocycles. The van der Waals surface area contributed by atoms with Crippen LogP contribution in [0.2, 0.25) is 0 Å². The van der Waals surface area contributed by atoms with Crippen LogP contribution in [0.3, 0.4) is 0 Å². The zero-order valence-electron chi connectivity index (χ0n) is 12.5.